The molecule has 4 aromatic rings. The zero-order valence-corrected chi connectivity index (χ0v) is 20.9. The third-order valence-corrected chi connectivity index (χ3v) is 6.74. The summed E-state index contributed by atoms with van der Waals surface area (Å²) in [5, 5.41) is 21.9. The summed E-state index contributed by atoms with van der Waals surface area (Å²) in [6, 6.07) is 11.1. The average molecular weight is 549 g/mol. The third kappa shape index (κ3) is 3.79. The number of hydrogen-bond acceptors (Lipinski definition) is 7. The standard InChI is InChI=1S/C26H21BrN4O5/c1-14-21(30-9-4-3-7-19(30)29-14)24(33)20-22(16-10-17(27)23(32)18(11-16)36-2)31(26(35)25(20)34)13-15-6-5-8-28-12-15/h3-12,22,32-33H,13H2,1-2H3/b24-20+. The van der Waals surface area contributed by atoms with Crippen LogP contribution in [0.25, 0.3) is 11.4 Å². The van der Waals surface area contributed by atoms with Gasteiger partial charge in [-0.05, 0) is 64.3 Å². The zero-order valence-electron chi connectivity index (χ0n) is 19.3. The number of ether oxygens (including phenoxy) is 1. The highest BCUT2D eigenvalue weighted by molar-refractivity contribution is 9.10. The number of Topliss-reactive ketones (excluding diaryl/α,β-unsaturated/α-hetero) is 1. The van der Waals surface area contributed by atoms with Crippen molar-refractivity contribution in [1.29, 1.82) is 0 Å². The fourth-order valence-electron chi connectivity index (χ4n) is 4.51. The summed E-state index contributed by atoms with van der Waals surface area (Å²) in [4.78, 5) is 36.7. The number of aliphatic hydroxyl groups excluding tert-OH is 1. The molecule has 182 valence electrons. The summed E-state index contributed by atoms with van der Waals surface area (Å²) >= 11 is 3.32. The van der Waals surface area contributed by atoms with Crippen molar-refractivity contribution in [3.63, 3.8) is 0 Å². The number of carbonyl (C=O) groups excluding carboxylic acids is 2. The Morgan fingerprint density at radius 2 is 2.00 bits per heavy atom. The molecule has 0 saturated carbocycles. The third-order valence-electron chi connectivity index (χ3n) is 6.13. The summed E-state index contributed by atoms with van der Waals surface area (Å²) in [6.07, 6.45) is 4.95. The second kappa shape index (κ2) is 9.12. The van der Waals surface area contributed by atoms with Gasteiger partial charge in [0, 0.05) is 25.1 Å². The van der Waals surface area contributed by atoms with Crippen LogP contribution in [0.4, 0.5) is 0 Å². The molecule has 1 aliphatic rings. The van der Waals surface area contributed by atoms with E-state index >= 15 is 0 Å². The average Bonchev–Trinajstić information content (AvgIpc) is 3.34. The van der Waals surface area contributed by atoms with Gasteiger partial charge < -0.3 is 19.8 Å². The smallest absolute Gasteiger partial charge is 0.295 e. The van der Waals surface area contributed by atoms with E-state index in [4.69, 9.17) is 4.74 Å². The Balaban J connectivity index is 1.76. The van der Waals surface area contributed by atoms with Gasteiger partial charge in [0.1, 0.15) is 11.3 Å². The van der Waals surface area contributed by atoms with E-state index in [0.717, 1.165) is 0 Å². The van der Waals surface area contributed by atoms with Crippen LogP contribution in [0.2, 0.25) is 0 Å². The Labute approximate surface area is 214 Å². The normalized spacial score (nSPS) is 17.2. The molecule has 1 amide bonds. The van der Waals surface area contributed by atoms with E-state index in [1.165, 1.54) is 12.0 Å². The number of fused-ring (bicyclic) bond motifs is 1. The van der Waals surface area contributed by atoms with E-state index in [0.29, 0.717) is 32.6 Å². The first kappa shape index (κ1) is 23.6. The second-order valence-electron chi connectivity index (χ2n) is 8.32. The monoisotopic (exact) mass is 548 g/mol. The minimum atomic E-state index is -0.968. The number of imidazole rings is 1. The molecule has 0 radical (unpaired) electrons. The molecule has 9 nitrogen and oxygen atoms in total. The molecule has 5 rings (SSSR count). The van der Waals surface area contributed by atoms with Gasteiger partial charge in [-0.15, -0.1) is 0 Å². The van der Waals surface area contributed by atoms with Crippen LogP contribution < -0.4 is 4.74 Å². The molecule has 4 heterocycles. The van der Waals surface area contributed by atoms with Crippen molar-refractivity contribution >= 4 is 39.0 Å². The fourth-order valence-corrected chi connectivity index (χ4v) is 4.97. The summed E-state index contributed by atoms with van der Waals surface area (Å²) in [5.74, 6) is -1.90. The van der Waals surface area contributed by atoms with Gasteiger partial charge in [0.2, 0.25) is 0 Å². The van der Waals surface area contributed by atoms with Gasteiger partial charge in [0.05, 0.1) is 28.9 Å². The molecule has 3 aromatic heterocycles. The van der Waals surface area contributed by atoms with Crippen molar-refractivity contribution in [3.05, 3.63) is 93.6 Å². The highest BCUT2D eigenvalue weighted by Crippen LogP contribution is 2.45. The number of rotatable bonds is 5. The molecule has 2 N–H and O–H groups in total. The number of nitrogens with zero attached hydrogens (tertiary/aromatic N) is 4. The Morgan fingerprint density at radius 1 is 1.19 bits per heavy atom. The quantitative estimate of drug-likeness (QED) is 0.218. The number of phenolic OH excluding ortho intramolecular Hbond substituents is 1. The van der Waals surface area contributed by atoms with E-state index in [1.54, 1.807) is 66.3 Å². The van der Waals surface area contributed by atoms with Crippen LogP contribution in [-0.2, 0) is 16.1 Å². The van der Waals surface area contributed by atoms with Gasteiger partial charge >= 0.3 is 0 Å². The number of halogens is 1. The molecule has 1 aromatic carbocycles. The number of amides is 1. The number of aryl methyl sites for hydroxylation is 1. The van der Waals surface area contributed by atoms with E-state index in [2.05, 4.69) is 25.9 Å². The van der Waals surface area contributed by atoms with Crippen LogP contribution in [0.1, 0.15) is 28.6 Å². The molecule has 10 heteroatoms. The molecular weight excluding hydrogens is 528 g/mol. The van der Waals surface area contributed by atoms with Crippen LogP contribution >= 0.6 is 15.9 Å². The number of methoxy groups -OCH3 is 1. The largest absolute Gasteiger partial charge is 0.505 e. The lowest BCUT2D eigenvalue weighted by molar-refractivity contribution is -0.140. The summed E-state index contributed by atoms with van der Waals surface area (Å²) in [7, 11) is 1.40. The lowest BCUT2D eigenvalue weighted by Crippen LogP contribution is -2.29. The van der Waals surface area contributed by atoms with Gasteiger partial charge in [-0.1, -0.05) is 12.1 Å². The number of benzene rings is 1. The summed E-state index contributed by atoms with van der Waals surface area (Å²) in [5.41, 5.74) is 2.50. The number of aliphatic hydroxyl groups is 1. The van der Waals surface area contributed by atoms with E-state index in [1.807, 2.05) is 6.07 Å². The topological polar surface area (TPSA) is 117 Å². The highest BCUT2D eigenvalue weighted by Gasteiger charge is 2.47. The van der Waals surface area contributed by atoms with Crippen molar-refractivity contribution < 1.29 is 24.5 Å². The van der Waals surface area contributed by atoms with Crippen LogP contribution in [0.5, 0.6) is 11.5 Å². The number of carbonyl (C=O) groups is 2. The maximum Gasteiger partial charge on any atom is 0.295 e. The minimum absolute atomic E-state index is 0.0762. The summed E-state index contributed by atoms with van der Waals surface area (Å²) in [6.45, 7) is 1.80. The van der Waals surface area contributed by atoms with Crippen molar-refractivity contribution in [2.75, 3.05) is 7.11 Å². The number of phenols is 1. The van der Waals surface area contributed by atoms with Gasteiger partial charge in [-0.3, -0.25) is 19.0 Å². The molecule has 0 spiro atoms. The molecule has 1 fully saturated rings. The molecular formula is C26H21BrN4O5. The first-order valence-electron chi connectivity index (χ1n) is 11.0. The molecule has 1 saturated heterocycles. The SMILES string of the molecule is COc1cc(C2/C(=C(\O)c3c(C)nc4ccccn34)C(=O)C(=O)N2Cc2cccnc2)cc(Br)c1O. The van der Waals surface area contributed by atoms with Gasteiger partial charge in [0.25, 0.3) is 11.7 Å². The number of aromatic nitrogens is 3. The zero-order chi connectivity index (χ0) is 25.6. The first-order chi connectivity index (χ1) is 17.3. The Bertz CT molecular complexity index is 1550. The van der Waals surface area contributed by atoms with E-state index in [9.17, 15) is 19.8 Å². The second-order valence-corrected chi connectivity index (χ2v) is 9.17. The van der Waals surface area contributed by atoms with Crippen LogP contribution in [-0.4, -0.2) is 48.3 Å². The molecule has 36 heavy (non-hydrogen) atoms. The van der Waals surface area contributed by atoms with Crippen LogP contribution in [0.3, 0.4) is 0 Å². The number of hydrogen-bond donors (Lipinski definition) is 2. The van der Waals surface area contributed by atoms with Crippen molar-refractivity contribution in [3.8, 4) is 11.5 Å². The maximum atomic E-state index is 13.4. The Morgan fingerprint density at radius 3 is 2.72 bits per heavy atom. The lowest BCUT2D eigenvalue weighted by Gasteiger charge is -2.26. The molecule has 1 aliphatic heterocycles. The van der Waals surface area contributed by atoms with Crippen molar-refractivity contribution in [2.45, 2.75) is 19.5 Å². The van der Waals surface area contributed by atoms with E-state index in [-0.39, 0.29) is 29.4 Å². The Kier molecular flexibility index (Phi) is 5.97. The molecule has 1 unspecified atom stereocenters. The van der Waals surface area contributed by atoms with Crippen LogP contribution in [0.15, 0.2) is 71.1 Å². The van der Waals surface area contributed by atoms with Gasteiger partial charge in [-0.2, -0.15) is 0 Å². The minimum Gasteiger partial charge on any atom is -0.505 e. The molecule has 0 bridgehead atoms. The Hall–Kier alpha value is -4.18. The van der Waals surface area contributed by atoms with Gasteiger partial charge in [0.15, 0.2) is 17.3 Å². The van der Waals surface area contributed by atoms with Crippen molar-refractivity contribution in [1.82, 2.24) is 19.3 Å². The predicted molar refractivity (Wildman–Crippen MR) is 134 cm³/mol. The van der Waals surface area contributed by atoms with Gasteiger partial charge in [-0.25, -0.2) is 4.98 Å². The van der Waals surface area contributed by atoms with E-state index < -0.39 is 17.7 Å². The summed E-state index contributed by atoms with van der Waals surface area (Å²) < 4.78 is 7.29. The first-order valence-corrected chi connectivity index (χ1v) is 11.8. The number of likely N-dealkylation sites (tertiary alicyclic amines) is 1. The number of aromatic hydroxyl groups is 1. The predicted octanol–water partition coefficient (Wildman–Crippen LogP) is 4.14. The maximum absolute atomic E-state index is 13.4. The molecule has 1 atom stereocenters. The number of ketones is 1. The van der Waals surface area contributed by atoms with Crippen LogP contribution in [0, 0.1) is 6.92 Å². The molecule has 0 aliphatic carbocycles. The number of pyridine rings is 2. The highest BCUT2D eigenvalue weighted by atomic mass is 79.9. The fraction of sp³-hybridized carbons (Fsp3) is 0.154. The van der Waals surface area contributed by atoms with Crippen molar-refractivity contribution in [2.24, 2.45) is 0 Å². The lowest BCUT2D eigenvalue weighted by atomic mass is 9.95.